The molecule has 1 amide bonds. The molecule has 0 bridgehead atoms. The van der Waals surface area contributed by atoms with E-state index >= 15 is 0 Å². The molecule has 1 spiro atoms. The predicted octanol–water partition coefficient (Wildman–Crippen LogP) is 3.88. The highest BCUT2D eigenvalue weighted by Gasteiger charge is 2.45. The summed E-state index contributed by atoms with van der Waals surface area (Å²) >= 11 is 0. The first-order valence-corrected chi connectivity index (χ1v) is 16.3. The van der Waals surface area contributed by atoms with Crippen molar-refractivity contribution in [1.29, 1.82) is 0 Å². The van der Waals surface area contributed by atoms with Crippen molar-refractivity contribution in [3.05, 3.63) is 35.7 Å². The zero-order valence-electron chi connectivity index (χ0n) is 24.4. The highest BCUT2D eigenvalue weighted by molar-refractivity contribution is 7.92. The van der Waals surface area contributed by atoms with Crippen LogP contribution in [0.1, 0.15) is 54.4 Å². The van der Waals surface area contributed by atoms with Crippen LogP contribution in [0.15, 0.2) is 24.5 Å². The van der Waals surface area contributed by atoms with Gasteiger partial charge in [0.2, 0.25) is 10.0 Å². The number of sulfonamides is 1. The molecule has 1 aromatic carbocycles. The lowest BCUT2D eigenvalue weighted by atomic mass is 9.92. The van der Waals surface area contributed by atoms with Crippen LogP contribution in [0.3, 0.4) is 0 Å². The molecule has 14 heteroatoms. The minimum absolute atomic E-state index is 0.167. The number of aromatic nitrogens is 3. The van der Waals surface area contributed by atoms with E-state index in [2.05, 4.69) is 24.9 Å². The number of alkyl halides is 2. The van der Waals surface area contributed by atoms with Gasteiger partial charge in [-0.1, -0.05) is 0 Å². The maximum absolute atomic E-state index is 14.2. The van der Waals surface area contributed by atoms with Gasteiger partial charge in [-0.3, -0.25) is 9.52 Å². The number of hydrogen-bond donors (Lipinski definition) is 3. The quantitative estimate of drug-likeness (QED) is 0.347. The summed E-state index contributed by atoms with van der Waals surface area (Å²) in [6.45, 7) is 3.10. The Morgan fingerprint density at radius 3 is 2.35 bits per heavy atom. The van der Waals surface area contributed by atoms with Crippen molar-refractivity contribution in [1.82, 2.24) is 14.5 Å². The lowest BCUT2D eigenvalue weighted by Gasteiger charge is -2.35. The Hall–Kier alpha value is -3.52. The van der Waals surface area contributed by atoms with Crippen LogP contribution in [0.4, 0.5) is 31.8 Å². The van der Waals surface area contributed by atoms with E-state index in [1.54, 1.807) is 28.6 Å². The number of carbonyl (C=O) groups is 1. The maximum atomic E-state index is 14.2. The fraction of sp³-hybridized carbons (Fsp3) is 0.552. The number of piperidine rings is 2. The van der Waals surface area contributed by atoms with E-state index in [0.717, 1.165) is 31.5 Å². The number of imidazole rings is 1. The Morgan fingerprint density at radius 1 is 1.02 bits per heavy atom. The highest BCUT2D eigenvalue weighted by atomic mass is 32.2. The largest absolute Gasteiger partial charge is 0.395 e. The predicted molar refractivity (Wildman–Crippen MR) is 162 cm³/mol. The number of fused-ring (bicyclic) bond motifs is 1. The number of anilines is 4. The van der Waals surface area contributed by atoms with E-state index in [0.29, 0.717) is 39.3 Å². The third kappa shape index (κ3) is 6.12. The van der Waals surface area contributed by atoms with Gasteiger partial charge in [-0.25, -0.2) is 27.2 Å². The number of hydrogen-bond acceptors (Lipinski definition) is 8. The summed E-state index contributed by atoms with van der Waals surface area (Å²) in [5, 5.41) is 12.2. The van der Waals surface area contributed by atoms with Gasteiger partial charge in [0, 0.05) is 46.1 Å². The molecule has 43 heavy (non-hydrogen) atoms. The van der Waals surface area contributed by atoms with Gasteiger partial charge in [0.1, 0.15) is 17.2 Å². The molecule has 0 radical (unpaired) electrons. The molecule has 3 fully saturated rings. The first-order chi connectivity index (χ1) is 20.4. The third-order valence-corrected chi connectivity index (χ3v) is 10.2. The van der Waals surface area contributed by atoms with Crippen LogP contribution in [0.2, 0.25) is 0 Å². The van der Waals surface area contributed by atoms with Gasteiger partial charge in [-0.15, -0.1) is 0 Å². The molecule has 3 aliphatic rings. The number of nitrogens with one attached hydrogen (secondary N) is 2. The van der Waals surface area contributed by atoms with Crippen molar-refractivity contribution >= 4 is 50.0 Å². The van der Waals surface area contributed by atoms with Gasteiger partial charge in [0.25, 0.3) is 11.8 Å². The number of aliphatic hydroxyl groups excluding tert-OH is 1. The smallest absolute Gasteiger partial charge is 0.261 e. The molecule has 1 saturated carbocycles. The monoisotopic (exact) mass is 617 g/mol. The molecule has 0 atom stereocenters. The highest BCUT2D eigenvalue weighted by Crippen LogP contribution is 2.54. The van der Waals surface area contributed by atoms with Crippen molar-refractivity contribution in [3.63, 3.8) is 0 Å². The molecule has 1 aliphatic carbocycles. The van der Waals surface area contributed by atoms with E-state index in [1.807, 2.05) is 13.0 Å². The van der Waals surface area contributed by atoms with Crippen LogP contribution in [0.5, 0.6) is 0 Å². The molecule has 232 valence electrons. The van der Waals surface area contributed by atoms with E-state index < -0.39 is 34.2 Å². The van der Waals surface area contributed by atoms with Gasteiger partial charge in [0.15, 0.2) is 0 Å². The summed E-state index contributed by atoms with van der Waals surface area (Å²) in [5.41, 5.74) is 3.12. The Labute approximate surface area is 249 Å². The van der Waals surface area contributed by atoms with Crippen molar-refractivity contribution in [2.75, 3.05) is 58.4 Å². The van der Waals surface area contributed by atoms with E-state index in [1.165, 1.54) is 19.2 Å². The summed E-state index contributed by atoms with van der Waals surface area (Å²) in [6, 6.07) is 5.21. The number of carbonyl (C=O) groups excluding carboxylic acids is 1. The molecule has 2 aliphatic heterocycles. The summed E-state index contributed by atoms with van der Waals surface area (Å²) in [5.74, 6) is -2.78. The zero-order chi connectivity index (χ0) is 30.6. The van der Waals surface area contributed by atoms with E-state index in [-0.39, 0.29) is 31.6 Å². The van der Waals surface area contributed by atoms with E-state index in [9.17, 15) is 27.1 Å². The molecule has 3 aromatic rings. The number of benzene rings is 1. The zero-order valence-corrected chi connectivity index (χ0v) is 25.2. The van der Waals surface area contributed by atoms with Gasteiger partial charge >= 0.3 is 0 Å². The first-order valence-electron chi connectivity index (χ1n) is 14.6. The van der Waals surface area contributed by atoms with Crippen LogP contribution in [-0.4, -0.2) is 78.4 Å². The molecule has 2 saturated heterocycles. The Kier molecular flexibility index (Phi) is 7.48. The Bertz CT molecular complexity index is 1650. The molecule has 3 N–H and O–H groups in total. The van der Waals surface area contributed by atoms with Gasteiger partial charge in [0.05, 0.1) is 41.1 Å². The molecule has 6 rings (SSSR count). The number of halogens is 2. The topological polar surface area (TPSA) is 133 Å². The Balaban J connectivity index is 1.38. The van der Waals surface area contributed by atoms with Gasteiger partial charge in [-0.05, 0) is 61.8 Å². The summed E-state index contributed by atoms with van der Waals surface area (Å²) < 4.78 is 57.1. The van der Waals surface area contributed by atoms with Crippen LogP contribution in [0, 0.1) is 12.3 Å². The average molecular weight is 618 g/mol. The normalized spacial score (nSPS) is 19.6. The fourth-order valence-corrected chi connectivity index (χ4v) is 7.06. The number of amides is 1. The standard InChI is InChI=1S/C29H37F2N7O4S/c1-19-15-22(33-23(16-19)38-11-7-29(30,31)8-12-38)34-27(40)24-21(37-9-5-28(3-4-28)6-10-37)17-20(35-43(41,42)14-13-39)25-26(24)36(2)18-32-25/h15-18,35,39H,3-14H2,1-2H3,(H,33,34,40). The van der Waals surface area contributed by atoms with E-state index in [4.69, 9.17) is 0 Å². The summed E-state index contributed by atoms with van der Waals surface area (Å²) in [6.07, 6.45) is 5.41. The molecule has 4 heterocycles. The number of aryl methyl sites for hydroxylation is 2. The second kappa shape index (κ2) is 10.9. The molecule has 0 unspecified atom stereocenters. The number of rotatable bonds is 8. The minimum Gasteiger partial charge on any atom is -0.395 e. The lowest BCUT2D eigenvalue weighted by molar-refractivity contribution is -0.0221. The van der Waals surface area contributed by atoms with Crippen molar-refractivity contribution in [2.45, 2.75) is 51.4 Å². The first kappa shape index (κ1) is 29.5. The summed E-state index contributed by atoms with van der Waals surface area (Å²) in [4.78, 5) is 27.1. The average Bonchev–Trinajstić information content (AvgIpc) is 3.58. The second-order valence-electron chi connectivity index (χ2n) is 12.2. The molecular formula is C29H37F2N7O4S. The lowest BCUT2D eigenvalue weighted by Crippen LogP contribution is -2.39. The summed E-state index contributed by atoms with van der Waals surface area (Å²) in [7, 11) is -2.12. The number of pyridine rings is 1. The number of nitrogens with zero attached hydrogens (tertiary/aromatic N) is 5. The number of aliphatic hydroxyl groups is 1. The van der Waals surface area contributed by atoms with Crippen molar-refractivity contribution < 1.29 is 27.1 Å². The van der Waals surface area contributed by atoms with Crippen LogP contribution in [-0.2, 0) is 17.1 Å². The SMILES string of the molecule is Cc1cc(NC(=O)c2c(N3CCC4(CC3)CC4)cc(NS(=O)(=O)CCO)c3ncn(C)c23)nc(N2CCC(F)(F)CC2)c1. The molecular weight excluding hydrogens is 580 g/mol. The van der Waals surface area contributed by atoms with Crippen LogP contribution in [0.25, 0.3) is 11.0 Å². The van der Waals surface area contributed by atoms with Crippen LogP contribution >= 0.6 is 0 Å². The fourth-order valence-electron chi connectivity index (χ4n) is 6.23. The van der Waals surface area contributed by atoms with Crippen molar-refractivity contribution in [2.24, 2.45) is 12.5 Å². The molecule has 11 nitrogen and oxygen atoms in total. The van der Waals surface area contributed by atoms with Gasteiger partial charge in [-0.2, -0.15) is 0 Å². The van der Waals surface area contributed by atoms with Gasteiger partial charge < -0.3 is 24.8 Å². The van der Waals surface area contributed by atoms with Crippen LogP contribution < -0.4 is 19.8 Å². The second-order valence-corrected chi connectivity index (χ2v) is 14.0. The molecule has 2 aromatic heterocycles. The van der Waals surface area contributed by atoms with Crippen molar-refractivity contribution in [3.8, 4) is 0 Å². The maximum Gasteiger partial charge on any atom is 0.261 e. The third-order valence-electron chi connectivity index (χ3n) is 8.96. The Morgan fingerprint density at radius 2 is 1.70 bits per heavy atom. The minimum atomic E-state index is -3.86.